The van der Waals surface area contributed by atoms with Gasteiger partial charge in [0.1, 0.15) is 0 Å². The van der Waals surface area contributed by atoms with Gasteiger partial charge in [-0.05, 0) is 73.8 Å². The molecule has 2 heterocycles. The number of allylic oxidation sites excluding steroid dienone is 2. The normalized spacial score (nSPS) is 34.0. The summed E-state index contributed by atoms with van der Waals surface area (Å²) in [5.41, 5.74) is 1.60. The number of likely N-dealkylation sites (tertiary alicyclic amines) is 1. The standard InChI is InChI=1S/C29H37F3N2OS/c1-2-34(24-10-4-7-21(11-12-24)22-8-5-15-36-19-22)17-25-26(18-34)27(25)28(35)33-14-13-20-6-3-9-23(16-20)29(30,31)32/h3,5-6,9,15-16,19,21,24-27H,2,4,7-8,10-14,17-18H2,1H3/p+1. The highest BCUT2D eigenvalue weighted by atomic mass is 32.2. The van der Waals surface area contributed by atoms with E-state index in [1.54, 1.807) is 11.6 Å². The van der Waals surface area contributed by atoms with E-state index in [1.807, 2.05) is 11.8 Å². The molecule has 3 nitrogen and oxygen atoms in total. The number of hydrogen-bond acceptors (Lipinski definition) is 2. The second kappa shape index (κ2) is 10.6. The van der Waals surface area contributed by atoms with Crippen molar-refractivity contribution in [2.45, 2.75) is 64.1 Å². The number of nitrogens with one attached hydrogen (secondary N) is 1. The minimum Gasteiger partial charge on any atom is -0.356 e. The van der Waals surface area contributed by atoms with Crippen LogP contribution < -0.4 is 5.32 Å². The molecule has 1 amide bonds. The van der Waals surface area contributed by atoms with E-state index in [-0.39, 0.29) is 11.8 Å². The number of amides is 1. The number of carbonyl (C=O) groups excluding carboxylic acids is 1. The van der Waals surface area contributed by atoms with Crippen LogP contribution in [0.1, 0.15) is 56.6 Å². The van der Waals surface area contributed by atoms with Crippen LogP contribution in [0.4, 0.5) is 13.2 Å². The number of benzene rings is 1. The van der Waals surface area contributed by atoms with Crippen LogP contribution in [-0.4, -0.2) is 42.6 Å². The third-order valence-electron chi connectivity index (χ3n) is 9.37. The van der Waals surface area contributed by atoms with Crippen molar-refractivity contribution in [3.8, 4) is 0 Å². The van der Waals surface area contributed by atoms with Crippen molar-refractivity contribution in [2.24, 2.45) is 23.7 Å². The zero-order valence-corrected chi connectivity index (χ0v) is 21.9. The van der Waals surface area contributed by atoms with E-state index in [2.05, 4.69) is 29.1 Å². The topological polar surface area (TPSA) is 29.1 Å². The fourth-order valence-corrected chi connectivity index (χ4v) is 8.04. The number of hydrogen-bond donors (Lipinski definition) is 1. The number of piperidine rings is 1. The van der Waals surface area contributed by atoms with E-state index in [9.17, 15) is 18.0 Å². The fourth-order valence-electron chi connectivity index (χ4n) is 7.29. The molecule has 2 aliphatic heterocycles. The molecule has 4 unspecified atom stereocenters. The van der Waals surface area contributed by atoms with Crippen molar-refractivity contribution < 1.29 is 22.4 Å². The molecule has 7 heteroatoms. The monoisotopic (exact) mass is 519 g/mol. The lowest BCUT2D eigenvalue weighted by atomic mass is 9.90. The van der Waals surface area contributed by atoms with Gasteiger partial charge in [-0.25, -0.2) is 0 Å². The van der Waals surface area contributed by atoms with Gasteiger partial charge in [0.2, 0.25) is 5.91 Å². The van der Waals surface area contributed by atoms with E-state index >= 15 is 0 Å². The van der Waals surface area contributed by atoms with Gasteiger partial charge in [0.05, 0.1) is 37.2 Å². The Labute approximate surface area is 217 Å². The van der Waals surface area contributed by atoms with Gasteiger partial charge in [-0.3, -0.25) is 4.79 Å². The van der Waals surface area contributed by atoms with Crippen molar-refractivity contribution in [1.29, 1.82) is 0 Å². The van der Waals surface area contributed by atoms with Crippen molar-refractivity contribution in [3.05, 3.63) is 57.9 Å². The fraction of sp³-hybridized carbons (Fsp3) is 0.621. The van der Waals surface area contributed by atoms with Gasteiger partial charge in [0.25, 0.3) is 0 Å². The van der Waals surface area contributed by atoms with Crippen LogP contribution in [0.5, 0.6) is 0 Å². The van der Waals surface area contributed by atoms with Crippen molar-refractivity contribution in [2.75, 3.05) is 26.2 Å². The van der Waals surface area contributed by atoms with E-state index in [0.29, 0.717) is 36.4 Å². The number of halogens is 3. The van der Waals surface area contributed by atoms with E-state index in [1.165, 1.54) is 48.7 Å². The molecule has 5 rings (SSSR count). The smallest absolute Gasteiger partial charge is 0.356 e. The molecule has 0 spiro atoms. The molecule has 0 bridgehead atoms. The first-order valence-corrected chi connectivity index (χ1v) is 14.5. The third kappa shape index (κ3) is 5.42. The Kier molecular flexibility index (Phi) is 7.60. The van der Waals surface area contributed by atoms with E-state index in [0.717, 1.165) is 38.0 Å². The van der Waals surface area contributed by atoms with Crippen LogP contribution in [0.2, 0.25) is 0 Å². The summed E-state index contributed by atoms with van der Waals surface area (Å²) in [5, 5.41) is 7.58. The molecule has 2 aliphatic carbocycles. The average molecular weight is 520 g/mol. The van der Waals surface area contributed by atoms with Gasteiger partial charge >= 0.3 is 6.18 Å². The Hall–Kier alpha value is -1.73. The highest BCUT2D eigenvalue weighted by molar-refractivity contribution is 8.04. The van der Waals surface area contributed by atoms with Gasteiger partial charge in [0.15, 0.2) is 0 Å². The molecule has 3 fully saturated rings. The largest absolute Gasteiger partial charge is 0.416 e. The number of alkyl halides is 3. The summed E-state index contributed by atoms with van der Waals surface area (Å²) >= 11 is 1.82. The molecular weight excluding hydrogens is 481 g/mol. The molecule has 1 aromatic carbocycles. The molecule has 1 saturated heterocycles. The van der Waals surface area contributed by atoms with Crippen LogP contribution in [0, 0.1) is 23.7 Å². The number of rotatable bonds is 7. The van der Waals surface area contributed by atoms with Gasteiger partial charge in [-0.1, -0.05) is 29.8 Å². The summed E-state index contributed by atoms with van der Waals surface area (Å²) in [5.74, 6) is 1.87. The molecule has 1 N–H and O–H groups in total. The number of nitrogens with zero attached hydrogens (tertiary/aromatic N) is 1. The molecule has 1 aromatic rings. The van der Waals surface area contributed by atoms with Crippen LogP contribution in [-0.2, 0) is 17.4 Å². The number of carbonyl (C=O) groups is 1. The maximum atomic E-state index is 12.9. The lowest BCUT2D eigenvalue weighted by Gasteiger charge is -2.43. The van der Waals surface area contributed by atoms with E-state index < -0.39 is 11.7 Å². The zero-order chi connectivity index (χ0) is 25.3. The molecule has 2 saturated carbocycles. The summed E-state index contributed by atoms with van der Waals surface area (Å²) in [6.45, 7) is 6.08. The Bertz CT molecular complexity index is 1010. The lowest BCUT2D eigenvalue weighted by molar-refractivity contribution is -0.944. The summed E-state index contributed by atoms with van der Waals surface area (Å²) in [6.07, 6.45) is 5.98. The number of fused-ring (bicyclic) bond motifs is 1. The SMILES string of the molecule is CC[N+]1(C2CCCC(C3=CSC=CC3)CC2)CC2C(C1)C2C(=O)NCCc1cccc(C(F)(F)F)c1. The summed E-state index contributed by atoms with van der Waals surface area (Å²) in [6, 6.07) is 6.11. The minimum absolute atomic E-state index is 0.0963. The predicted molar refractivity (Wildman–Crippen MR) is 139 cm³/mol. The number of thioether (sulfide) groups is 1. The molecule has 36 heavy (non-hydrogen) atoms. The third-order valence-corrected chi connectivity index (χ3v) is 10.2. The van der Waals surface area contributed by atoms with Crippen LogP contribution >= 0.6 is 11.8 Å². The first-order chi connectivity index (χ1) is 17.3. The zero-order valence-electron chi connectivity index (χ0n) is 21.1. The quantitative estimate of drug-likeness (QED) is 0.327. The van der Waals surface area contributed by atoms with Gasteiger partial charge in [0, 0.05) is 24.8 Å². The highest BCUT2D eigenvalue weighted by Gasteiger charge is 2.66. The van der Waals surface area contributed by atoms with Crippen molar-refractivity contribution >= 4 is 17.7 Å². The van der Waals surface area contributed by atoms with Gasteiger partial charge in [-0.15, -0.1) is 11.8 Å². The molecule has 0 radical (unpaired) electrons. The first kappa shape index (κ1) is 25.9. The summed E-state index contributed by atoms with van der Waals surface area (Å²) < 4.78 is 40.0. The summed E-state index contributed by atoms with van der Waals surface area (Å²) in [7, 11) is 0. The first-order valence-electron chi connectivity index (χ1n) is 13.6. The van der Waals surface area contributed by atoms with Crippen molar-refractivity contribution in [1.82, 2.24) is 5.32 Å². The Balaban J connectivity index is 1.10. The maximum Gasteiger partial charge on any atom is 0.416 e. The van der Waals surface area contributed by atoms with Gasteiger partial charge < -0.3 is 9.80 Å². The minimum atomic E-state index is -4.34. The number of quaternary nitrogens is 1. The molecule has 0 aromatic heterocycles. The second-order valence-corrected chi connectivity index (χ2v) is 12.0. The summed E-state index contributed by atoms with van der Waals surface area (Å²) in [4.78, 5) is 12.9. The molecule has 196 valence electrons. The lowest BCUT2D eigenvalue weighted by Crippen LogP contribution is -2.55. The second-order valence-electron chi connectivity index (χ2n) is 11.3. The van der Waals surface area contributed by atoms with Crippen LogP contribution in [0.3, 0.4) is 0 Å². The highest BCUT2D eigenvalue weighted by Crippen LogP contribution is 2.56. The average Bonchev–Trinajstić information content (AvgIpc) is 3.50. The Morgan fingerprint density at radius 3 is 2.64 bits per heavy atom. The molecule has 4 aliphatic rings. The molecule has 4 atom stereocenters. The van der Waals surface area contributed by atoms with Crippen LogP contribution in [0.15, 0.2) is 46.7 Å². The predicted octanol–water partition coefficient (Wildman–Crippen LogP) is 6.56. The Morgan fingerprint density at radius 2 is 1.94 bits per heavy atom. The van der Waals surface area contributed by atoms with E-state index in [4.69, 9.17) is 0 Å². The Morgan fingerprint density at radius 1 is 1.14 bits per heavy atom. The van der Waals surface area contributed by atoms with Crippen LogP contribution in [0.25, 0.3) is 0 Å². The van der Waals surface area contributed by atoms with Crippen molar-refractivity contribution in [3.63, 3.8) is 0 Å². The maximum absolute atomic E-state index is 12.9. The van der Waals surface area contributed by atoms with Gasteiger partial charge in [-0.2, -0.15) is 13.2 Å². The molecular formula is C29H38F3N2OS+.